The van der Waals surface area contributed by atoms with Crippen molar-refractivity contribution in [2.24, 2.45) is 11.8 Å². The smallest absolute Gasteiger partial charge is 0.0113 e. The van der Waals surface area contributed by atoms with E-state index in [1.807, 2.05) is 0 Å². The number of hydrogen-bond donors (Lipinski definition) is 0. The molecule has 0 N–H and O–H groups in total. The predicted octanol–water partition coefficient (Wildman–Crippen LogP) is 3.23. The van der Waals surface area contributed by atoms with E-state index in [0.29, 0.717) is 0 Å². The van der Waals surface area contributed by atoms with Gasteiger partial charge < -0.3 is 9.80 Å². The molecule has 106 valence electrons. The van der Waals surface area contributed by atoms with Gasteiger partial charge in [0.1, 0.15) is 0 Å². The van der Waals surface area contributed by atoms with Gasteiger partial charge in [0.25, 0.3) is 0 Å². The quantitative estimate of drug-likeness (QED) is 0.761. The molecule has 0 bridgehead atoms. The van der Waals surface area contributed by atoms with Crippen molar-refractivity contribution < 1.29 is 0 Å². The second-order valence-corrected chi connectivity index (χ2v) is 7.04. The van der Waals surface area contributed by atoms with Gasteiger partial charge in [-0.25, -0.2) is 0 Å². The van der Waals surface area contributed by atoms with E-state index in [2.05, 4.69) is 37.7 Å². The van der Waals surface area contributed by atoms with E-state index in [1.54, 1.807) is 0 Å². The SMILES string of the molecule is CC(C)C1CCC(N2CCC(N(C)C)CC2)CC1. The largest absolute Gasteiger partial charge is 0.306 e. The van der Waals surface area contributed by atoms with Crippen LogP contribution in [-0.2, 0) is 0 Å². The van der Waals surface area contributed by atoms with Crippen molar-refractivity contribution in [1.29, 1.82) is 0 Å². The summed E-state index contributed by atoms with van der Waals surface area (Å²) >= 11 is 0. The van der Waals surface area contributed by atoms with Crippen LogP contribution in [0, 0.1) is 11.8 Å². The Morgan fingerprint density at radius 3 is 1.89 bits per heavy atom. The molecular formula is C16H32N2. The van der Waals surface area contributed by atoms with Gasteiger partial charge >= 0.3 is 0 Å². The molecule has 0 aromatic heterocycles. The molecular weight excluding hydrogens is 220 g/mol. The predicted molar refractivity (Wildman–Crippen MR) is 78.9 cm³/mol. The molecule has 1 saturated carbocycles. The molecule has 1 saturated heterocycles. The number of likely N-dealkylation sites (tertiary alicyclic amines) is 1. The second kappa shape index (κ2) is 6.38. The Kier molecular flexibility index (Phi) is 5.08. The van der Waals surface area contributed by atoms with Gasteiger partial charge in [0, 0.05) is 12.1 Å². The van der Waals surface area contributed by atoms with Crippen molar-refractivity contribution in [1.82, 2.24) is 9.80 Å². The molecule has 0 aromatic rings. The standard InChI is InChI=1S/C16H32N2/c1-13(2)14-5-7-16(8-6-14)18-11-9-15(10-12-18)17(3)4/h13-16H,5-12H2,1-4H3. The Balaban J connectivity index is 1.75. The minimum absolute atomic E-state index is 0.827. The van der Waals surface area contributed by atoms with Crippen LogP contribution < -0.4 is 0 Å². The summed E-state index contributed by atoms with van der Waals surface area (Å²) in [5.41, 5.74) is 0. The number of piperidine rings is 1. The van der Waals surface area contributed by atoms with Gasteiger partial charge in [-0.1, -0.05) is 13.8 Å². The first-order chi connectivity index (χ1) is 8.58. The number of hydrogen-bond acceptors (Lipinski definition) is 2. The van der Waals surface area contributed by atoms with Crippen molar-refractivity contribution in [2.45, 2.75) is 64.5 Å². The molecule has 1 aliphatic carbocycles. The zero-order valence-corrected chi connectivity index (χ0v) is 12.9. The van der Waals surface area contributed by atoms with E-state index in [-0.39, 0.29) is 0 Å². The van der Waals surface area contributed by atoms with E-state index in [0.717, 1.165) is 23.9 Å². The number of rotatable bonds is 3. The molecule has 2 nitrogen and oxygen atoms in total. The summed E-state index contributed by atoms with van der Waals surface area (Å²) in [7, 11) is 4.46. The van der Waals surface area contributed by atoms with Crippen molar-refractivity contribution in [3.8, 4) is 0 Å². The summed E-state index contributed by atoms with van der Waals surface area (Å²) in [5.74, 6) is 1.89. The highest BCUT2D eigenvalue weighted by molar-refractivity contribution is 4.85. The Morgan fingerprint density at radius 2 is 1.44 bits per heavy atom. The van der Waals surface area contributed by atoms with Crippen molar-refractivity contribution >= 4 is 0 Å². The summed E-state index contributed by atoms with van der Waals surface area (Å²) < 4.78 is 0. The fourth-order valence-corrected chi connectivity index (χ4v) is 3.90. The van der Waals surface area contributed by atoms with Crippen LogP contribution in [0.2, 0.25) is 0 Å². The fraction of sp³-hybridized carbons (Fsp3) is 1.00. The van der Waals surface area contributed by atoms with Gasteiger partial charge in [0.15, 0.2) is 0 Å². The van der Waals surface area contributed by atoms with Crippen LogP contribution in [0.25, 0.3) is 0 Å². The van der Waals surface area contributed by atoms with E-state index in [4.69, 9.17) is 0 Å². The maximum absolute atomic E-state index is 2.79. The molecule has 0 unspecified atom stereocenters. The summed E-state index contributed by atoms with van der Waals surface area (Å²) in [5, 5.41) is 0. The third kappa shape index (κ3) is 3.48. The molecule has 0 atom stereocenters. The van der Waals surface area contributed by atoms with Gasteiger partial charge in [-0.2, -0.15) is 0 Å². The van der Waals surface area contributed by atoms with Crippen LogP contribution in [0.15, 0.2) is 0 Å². The summed E-state index contributed by atoms with van der Waals surface area (Å²) in [4.78, 5) is 5.20. The molecule has 0 radical (unpaired) electrons. The Bertz CT molecular complexity index is 207. The van der Waals surface area contributed by atoms with Crippen molar-refractivity contribution in [2.75, 3.05) is 27.2 Å². The normalized spacial score (nSPS) is 32.3. The van der Waals surface area contributed by atoms with Crippen LogP contribution in [0.1, 0.15) is 52.4 Å². The lowest BCUT2D eigenvalue weighted by molar-refractivity contribution is 0.0746. The molecule has 2 aliphatic rings. The molecule has 1 heterocycles. The molecule has 2 rings (SSSR count). The first kappa shape index (κ1) is 14.3. The van der Waals surface area contributed by atoms with Crippen molar-refractivity contribution in [3.05, 3.63) is 0 Å². The molecule has 2 heteroatoms. The van der Waals surface area contributed by atoms with Gasteiger partial charge in [0.05, 0.1) is 0 Å². The first-order valence-electron chi connectivity index (χ1n) is 7.98. The highest BCUT2D eigenvalue weighted by Gasteiger charge is 2.30. The molecule has 1 aliphatic heterocycles. The lowest BCUT2D eigenvalue weighted by Gasteiger charge is -2.42. The Labute approximate surface area is 114 Å². The fourth-order valence-electron chi connectivity index (χ4n) is 3.90. The molecule has 0 amide bonds. The molecule has 0 spiro atoms. The van der Waals surface area contributed by atoms with Gasteiger partial charge in [-0.3, -0.25) is 0 Å². The lowest BCUT2D eigenvalue weighted by Crippen LogP contribution is -2.47. The average molecular weight is 252 g/mol. The van der Waals surface area contributed by atoms with Gasteiger partial charge in [-0.15, -0.1) is 0 Å². The minimum atomic E-state index is 0.827. The molecule has 2 fully saturated rings. The third-order valence-electron chi connectivity index (χ3n) is 5.43. The van der Waals surface area contributed by atoms with Crippen molar-refractivity contribution in [3.63, 3.8) is 0 Å². The van der Waals surface area contributed by atoms with Crippen LogP contribution in [0.5, 0.6) is 0 Å². The summed E-state index contributed by atoms with van der Waals surface area (Å²) in [6, 6.07) is 1.73. The zero-order valence-electron chi connectivity index (χ0n) is 12.9. The average Bonchev–Trinajstić information content (AvgIpc) is 2.39. The maximum atomic E-state index is 2.79. The summed E-state index contributed by atoms with van der Waals surface area (Å²) in [6.07, 6.45) is 8.59. The van der Waals surface area contributed by atoms with Crippen LogP contribution in [0.3, 0.4) is 0 Å². The highest BCUT2D eigenvalue weighted by Crippen LogP contribution is 2.33. The van der Waals surface area contributed by atoms with Gasteiger partial charge in [0.2, 0.25) is 0 Å². The van der Waals surface area contributed by atoms with E-state index < -0.39 is 0 Å². The summed E-state index contributed by atoms with van der Waals surface area (Å²) in [6.45, 7) is 7.46. The number of nitrogens with zero attached hydrogens (tertiary/aromatic N) is 2. The Hall–Kier alpha value is -0.0800. The topological polar surface area (TPSA) is 6.48 Å². The third-order valence-corrected chi connectivity index (χ3v) is 5.43. The second-order valence-electron chi connectivity index (χ2n) is 7.04. The minimum Gasteiger partial charge on any atom is -0.306 e. The zero-order chi connectivity index (χ0) is 13.1. The van der Waals surface area contributed by atoms with Gasteiger partial charge in [-0.05, 0) is 77.5 Å². The van der Waals surface area contributed by atoms with Crippen LogP contribution >= 0.6 is 0 Å². The van der Waals surface area contributed by atoms with E-state index in [9.17, 15) is 0 Å². The maximum Gasteiger partial charge on any atom is 0.0113 e. The monoisotopic (exact) mass is 252 g/mol. The Morgan fingerprint density at radius 1 is 0.889 bits per heavy atom. The van der Waals surface area contributed by atoms with E-state index >= 15 is 0 Å². The van der Waals surface area contributed by atoms with Crippen LogP contribution in [0.4, 0.5) is 0 Å². The lowest BCUT2D eigenvalue weighted by atomic mass is 9.79. The highest BCUT2D eigenvalue weighted by atomic mass is 15.2. The van der Waals surface area contributed by atoms with E-state index in [1.165, 1.54) is 51.6 Å². The van der Waals surface area contributed by atoms with Crippen LogP contribution in [-0.4, -0.2) is 49.1 Å². The molecule has 0 aromatic carbocycles. The first-order valence-corrected chi connectivity index (χ1v) is 7.98. The molecule has 18 heavy (non-hydrogen) atoms.